The van der Waals surface area contributed by atoms with E-state index in [1.54, 1.807) is 6.92 Å². The zero-order valence-electron chi connectivity index (χ0n) is 11.4. The number of sulfonamides is 1. The Morgan fingerprint density at radius 2 is 2.00 bits per heavy atom. The summed E-state index contributed by atoms with van der Waals surface area (Å²) < 4.78 is 39.1. The normalized spacial score (nSPS) is 11.5. The predicted octanol–water partition coefficient (Wildman–Crippen LogP) is 2.27. The molecule has 6 heteroatoms. The molecule has 108 valence electrons. The molecule has 1 aromatic rings. The van der Waals surface area contributed by atoms with Crippen molar-refractivity contribution >= 4 is 15.7 Å². The molecule has 0 heterocycles. The second-order valence-corrected chi connectivity index (χ2v) is 6.28. The fraction of sp³-hybridized carbons (Fsp3) is 0.538. The number of benzene rings is 1. The Labute approximate surface area is 114 Å². The number of anilines is 1. The first-order valence-corrected chi connectivity index (χ1v) is 8.07. The summed E-state index contributed by atoms with van der Waals surface area (Å²) in [5.74, 6) is -0.291. The Hall–Kier alpha value is -1.14. The maximum absolute atomic E-state index is 12.9. The van der Waals surface area contributed by atoms with Gasteiger partial charge in [0, 0.05) is 0 Å². The van der Waals surface area contributed by atoms with Gasteiger partial charge in [-0.25, -0.2) is 12.8 Å². The number of hydrogen-bond donors (Lipinski definition) is 2. The van der Waals surface area contributed by atoms with Gasteiger partial charge in [0.05, 0.1) is 11.4 Å². The third kappa shape index (κ3) is 6.02. The molecule has 0 bridgehead atoms. The van der Waals surface area contributed by atoms with E-state index in [0.29, 0.717) is 17.7 Å². The Morgan fingerprint density at radius 3 is 2.63 bits per heavy atom. The summed E-state index contributed by atoms with van der Waals surface area (Å²) in [4.78, 5) is 0. The Kier molecular flexibility index (Phi) is 6.24. The van der Waals surface area contributed by atoms with E-state index in [-0.39, 0.29) is 11.6 Å². The molecular weight excluding hydrogens is 267 g/mol. The third-order valence-corrected chi connectivity index (χ3v) is 4.08. The number of rotatable bonds is 8. The lowest BCUT2D eigenvalue weighted by atomic mass is 10.2. The Morgan fingerprint density at radius 1 is 1.26 bits per heavy atom. The van der Waals surface area contributed by atoms with Crippen LogP contribution in [0.5, 0.6) is 0 Å². The quantitative estimate of drug-likeness (QED) is 0.721. The molecule has 0 radical (unpaired) electrons. The molecule has 0 saturated carbocycles. The van der Waals surface area contributed by atoms with Gasteiger partial charge in [-0.1, -0.05) is 6.92 Å². The molecule has 0 aliphatic rings. The summed E-state index contributed by atoms with van der Waals surface area (Å²) in [5.41, 5.74) is 1.02. The highest BCUT2D eigenvalue weighted by molar-refractivity contribution is 7.92. The summed E-state index contributed by atoms with van der Waals surface area (Å²) in [6, 6.07) is 4.00. The lowest BCUT2D eigenvalue weighted by Crippen LogP contribution is -2.19. The maximum atomic E-state index is 12.9. The molecule has 0 fully saturated rings. The highest BCUT2D eigenvalue weighted by Gasteiger charge is 2.11. The van der Waals surface area contributed by atoms with Crippen LogP contribution in [0, 0.1) is 12.7 Å². The molecule has 0 aliphatic carbocycles. The van der Waals surface area contributed by atoms with Crippen molar-refractivity contribution in [3.05, 3.63) is 29.6 Å². The lowest BCUT2D eigenvalue weighted by Gasteiger charge is -2.10. The minimum Gasteiger partial charge on any atom is -0.317 e. The van der Waals surface area contributed by atoms with Gasteiger partial charge < -0.3 is 5.32 Å². The van der Waals surface area contributed by atoms with Gasteiger partial charge in [-0.3, -0.25) is 4.72 Å². The van der Waals surface area contributed by atoms with Crippen LogP contribution in [0.4, 0.5) is 10.1 Å². The van der Waals surface area contributed by atoms with Crippen molar-refractivity contribution in [3.8, 4) is 0 Å². The molecule has 0 saturated heterocycles. The summed E-state index contributed by atoms with van der Waals surface area (Å²) in [6.07, 6.45) is 1.42. The number of unbranched alkanes of at least 4 members (excludes halogenated alkanes) is 1. The number of hydrogen-bond acceptors (Lipinski definition) is 3. The minimum absolute atomic E-state index is 0.0786. The molecule has 0 aromatic heterocycles. The summed E-state index contributed by atoms with van der Waals surface area (Å²) in [6.45, 7) is 5.39. The smallest absolute Gasteiger partial charge is 0.232 e. The van der Waals surface area contributed by atoms with Crippen LogP contribution in [0.15, 0.2) is 18.2 Å². The van der Waals surface area contributed by atoms with Crippen LogP contribution >= 0.6 is 0 Å². The van der Waals surface area contributed by atoms with Crippen molar-refractivity contribution in [2.24, 2.45) is 0 Å². The van der Waals surface area contributed by atoms with E-state index in [1.165, 1.54) is 18.2 Å². The highest BCUT2D eigenvalue weighted by atomic mass is 32.2. The molecule has 1 rings (SSSR count). The van der Waals surface area contributed by atoms with Crippen LogP contribution in [0.1, 0.15) is 25.3 Å². The first-order chi connectivity index (χ1) is 8.94. The fourth-order valence-corrected chi connectivity index (χ4v) is 2.93. The van der Waals surface area contributed by atoms with E-state index in [2.05, 4.69) is 10.0 Å². The summed E-state index contributed by atoms with van der Waals surface area (Å²) in [7, 11) is -3.36. The van der Waals surface area contributed by atoms with Crippen molar-refractivity contribution in [1.82, 2.24) is 5.32 Å². The van der Waals surface area contributed by atoms with Crippen molar-refractivity contribution in [2.45, 2.75) is 26.7 Å². The van der Waals surface area contributed by atoms with Crippen molar-refractivity contribution in [2.75, 3.05) is 23.6 Å². The second-order valence-electron chi connectivity index (χ2n) is 4.44. The highest BCUT2D eigenvalue weighted by Crippen LogP contribution is 2.17. The molecule has 0 aliphatic heterocycles. The summed E-state index contributed by atoms with van der Waals surface area (Å²) in [5, 5.41) is 3.14. The van der Waals surface area contributed by atoms with Crippen LogP contribution in [-0.4, -0.2) is 27.3 Å². The maximum Gasteiger partial charge on any atom is 0.232 e. The number of aryl methyl sites for hydroxylation is 1. The SMILES string of the molecule is CCNCCCCS(=O)(=O)Nc1ccc(F)cc1C. The fourth-order valence-electron chi connectivity index (χ4n) is 1.68. The van der Waals surface area contributed by atoms with Crippen LogP contribution in [0.2, 0.25) is 0 Å². The Bertz CT molecular complexity index is 503. The zero-order valence-corrected chi connectivity index (χ0v) is 12.2. The topological polar surface area (TPSA) is 58.2 Å². The van der Waals surface area contributed by atoms with Gasteiger partial charge in [-0.15, -0.1) is 0 Å². The van der Waals surface area contributed by atoms with Crippen molar-refractivity contribution in [1.29, 1.82) is 0 Å². The monoisotopic (exact) mass is 288 g/mol. The van der Waals surface area contributed by atoms with Crippen LogP contribution in [-0.2, 0) is 10.0 Å². The zero-order chi connectivity index (χ0) is 14.3. The second kappa shape index (κ2) is 7.45. The molecule has 0 spiro atoms. The van der Waals surface area contributed by atoms with E-state index in [0.717, 1.165) is 19.5 Å². The predicted molar refractivity (Wildman–Crippen MR) is 76.3 cm³/mol. The third-order valence-electron chi connectivity index (χ3n) is 2.72. The number of nitrogens with one attached hydrogen (secondary N) is 2. The largest absolute Gasteiger partial charge is 0.317 e. The standard InChI is InChI=1S/C13H21FN2O2S/c1-3-15-8-4-5-9-19(17,18)16-13-7-6-12(14)10-11(13)2/h6-7,10,15-16H,3-5,8-9H2,1-2H3. The van der Waals surface area contributed by atoms with Crippen molar-refractivity contribution in [3.63, 3.8) is 0 Å². The Balaban J connectivity index is 2.50. The van der Waals surface area contributed by atoms with Crippen LogP contribution in [0.3, 0.4) is 0 Å². The van der Waals surface area contributed by atoms with Gasteiger partial charge in [0.15, 0.2) is 0 Å². The molecule has 0 atom stereocenters. The average Bonchev–Trinajstić information content (AvgIpc) is 2.32. The average molecular weight is 288 g/mol. The van der Waals surface area contributed by atoms with E-state index in [4.69, 9.17) is 0 Å². The minimum atomic E-state index is -3.36. The molecule has 0 unspecified atom stereocenters. The van der Waals surface area contributed by atoms with Crippen molar-refractivity contribution < 1.29 is 12.8 Å². The first-order valence-electron chi connectivity index (χ1n) is 6.42. The van der Waals surface area contributed by atoms with E-state index >= 15 is 0 Å². The molecule has 0 amide bonds. The van der Waals surface area contributed by atoms with Gasteiger partial charge in [-0.05, 0) is 56.6 Å². The molecule has 1 aromatic carbocycles. The van der Waals surface area contributed by atoms with E-state index in [1.807, 2.05) is 6.92 Å². The molecular formula is C13H21FN2O2S. The van der Waals surface area contributed by atoms with Gasteiger partial charge in [0.25, 0.3) is 0 Å². The van der Waals surface area contributed by atoms with Gasteiger partial charge in [0.1, 0.15) is 5.82 Å². The lowest BCUT2D eigenvalue weighted by molar-refractivity contribution is 0.593. The van der Waals surface area contributed by atoms with Crippen LogP contribution in [0.25, 0.3) is 0 Å². The molecule has 4 nitrogen and oxygen atoms in total. The molecule has 2 N–H and O–H groups in total. The van der Waals surface area contributed by atoms with Crippen LogP contribution < -0.4 is 10.0 Å². The first kappa shape index (κ1) is 15.9. The molecule has 19 heavy (non-hydrogen) atoms. The number of halogens is 1. The summed E-state index contributed by atoms with van der Waals surface area (Å²) >= 11 is 0. The van der Waals surface area contributed by atoms with Gasteiger partial charge in [0.2, 0.25) is 10.0 Å². The van der Waals surface area contributed by atoms with Gasteiger partial charge in [-0.2, -0.15) is 0 Å². The van der Waals surface area contributed by atoms with E-state index < -0.39 is 10.0 Å². The van der Waals surface area contributed by atoms with Gasteiger partial charge >= 0.3 is 0 Å². The van der Waals surface area contributed by atoms with E-state index in [9.17, 15) is 12.8 Å².